The SMILES string of the molecule is CO[C@H]1O[C@H](COCc2ccccc2)[C@@H](O[C@H]2C[C@@H]3CO[C@@H](c4ccccc4)O[C@H]3[C@H](OCc3ccccc3)[C@@H]2OC(C)=O)[C@H](OCc2ccccc2)[C@H]1OCc1ccccc1. The van der Waals surface area contributed by atoms with Crippen molar-refractivity contribution in [3.05, 3.63) is 179 Å². The van der Waals surface area contributed by atoms with Gasteiger partial charge >= 0.3 is 5.97 Å². The molecule has 0 N–H and O–H groups in total. The quantitative estimate of drug-likeness (QED) is 0.0798. The first-order valence-electron chi connectivity index (χ1n) is 21.4. The number of rotatable bonds is 18. The zero-order valence-electron chi connectivity index (χ0n) is 35.2. The molecule has 2 heterocycles. The number of ether oxygens (including phenoxy) is 10. The van der Waals surface area contributed by atoms with Gasteiger partial charge in [-0.05, 0) is 28.7 Å². The molecule has 326 valence electrons. The van der Waals surface area contributed by atoms with E-state index in [1.54, 1.807) is 7.11 Å². The van der Waals surface area contributed by atoms with Crippen LogP contribution in [0.1, 0.15) is 47.5 Å². The highest BCUT2D eigenvalue weighted by atomic mass is 16.7. The molecule has 1 aliphatic carbocycles. The lowest BCUT2D eigenvalue weighted by Gasteiger charge is -2.51. The highest BCUT2D eigenvalue weighted by Gasteiger charge is 2.55. The molecule has 0 spiro atoms. The topological polar surface area (TPSA) is 109 Å². The standard InChI is InChI=1S/C51H56O11/c1-35(52)59-45-42(28-41-33-58-50(40-26-16-7-17-27-40)62-44(41)47(45)55-30-37-20-10-4-11-21-37)60-46-43(34-54-29-36-18-8-3-9-19-36)61-51(53-2)49(57-32-39-24-14-6-15-25-39)48(46)56-31-38-22-12-5-13-23-38/h3-27,41-51H,28-34H2,1-2H3/t41-,42+,43-,44-,45-,46-,47+,48+,49-,50-,51+/m1/s1. The zero-order chi connectivity index (χ0) is 42.5. The Hall–Kier alpha value is -4.79. The number of esters is 1. The summed E-state index contributed by atoms with van der Waals surface area (Å²) in [5, 5.41) is 0. The number of fused-ring (bicyclic) bond motifs is 1. The van der Waals surface area contributed by atoms with Crippen molar-refractivity contribution in [1.82, 2.24) is 0 Å². The van der Waals surface area contributed by atoms with E-state index in [2.05, 4.69) is 0 Å². The predicted octanol–water partition coefficient (Wildman–Crippen LogP) is 8.15. The minimum atomic E-state index is -0.878. The molecule has 3 fully saturated rings. The third-order valence-electron chi connectivity index (χ3n) is 11.5. The number of methoxy groups -OCH3 is 1. The first-order chi connectivity index (χ1) is 30.5. The summed E-state index contributed by atoms with van der Waals surface area (Å²) >= 11 is 0. The van der Waals surface area contributed by atoms with Gasteiger partial charge in [0.1, 0.15) is 30.5 Å². The molecule has 0 radical (unpaired) electrons. The van der Waals surface area contributed by atoms with Crippen LogP contribution in [0.2, 0.25) is 0 Å². The number of benzene rings is 5. The van der Waals surface area contributed by atoms with E-state index in [0.29, 0.717) is 19.6 Å². The first-order valence-corrected chi connectivity index (χ1v) is 21.4. The molecule has 3 aliphatic rings. The minimum absolute atomic E-state index is 0.145. The summed E-state index contributed by atoms with van der Waals surface area (Å²) in [6, 6.07) is 49.6. The smallest absolute Gasteiger partial charge is 0.303 e. The molecule has 11 atom stereocenters. The highest BCUT2D eigenvalue weighted by Crippen LogP contribution is 2.42. The fraction of sp³-hybridized carbons (Fsp3) is 0.392. The van der Waals surface area contributed by atoms with Crippen LogP contribution in [0.25, 0.3) is 0 Å². The lowest BCUT2D eigenvalue weighted by molar-refractivity contribution is -0.342. The molecule has 0 amide bonds. The van der Waals surface area contributed by atoms with Crippen LogP contribution < -0.4 is 0 Å². The fourth-order valence-electron chi connectivity index (χ4n) is 8.52. The van der Waals surface area contributed by atoms with E-state index >= 15 is 0 Å². The van der Waals surface area contributed by atoms with E-state index in [9.17, 15) is 4.79 Å². The molecule has 2 aliphatic heterocycles. The molecule has 11 nitrogen and oxygen atoms in total. The largest absolute Gasteiger partial charge is 0.457 e. The third kappa shape index (κ3) is 11.4. The van der Waals surface area contributed by atoms with Crippen LogP contribution in [0.4, 0.5) is 0 Å². The van der Waals surface area contributed by atoms with Crippen molar-refractivity contribution in [3.8, 4) is 0 Å². The first kappa shape index (κ1) is 43.8. The molecule has 1 saturated carbocycles. The molecule has 11 heteroatoms. The van der Waals surface area contributed by atoms with E-state index < -0.39 is 67.4 Å². The molecule has 8 rings (SSSR count). The second-order valence-corrected chi connectivity index (χ2v) is 15.9. The van der Waals surface area contributed by atoms with E-state index in [1.165, 1.54) is 6.92 Å². The van der Waals surface area contributed by atoms with Crippen molar-refractivity contribution < 1.29 is 52.2 Å². The predicted molar refractivity (Wildman–Crippen MR) is 229 cm³/mol. The Morgan fingerprint density at radius 1 is 0.581 bits per heavy atom. The van der Waals surface area contributed by atoms with Crippen LogP contribution in [0.15, 0.2) is 152 Å². The van der Waals surface area contributed by atoms with Gasteiger partial charge < -0.3 is 47.4 Å². The van der Waals surface area contributed by atoms with Crippen molar-refractivity contribution in [2.75, 3.05) is 20.3 Å². The Morgan fingerprint density at radius 3 is 1.61 bits per heavy atom. The van der Waals surface area contributed by atoms with Gasteiger partial charge in [0.05, 0.1) is 51.8 Å². The number of hydrogen-bond acceptors (Lipinski definition) is 11. The van der Waals surface area contributed by atoms with Crippen molar-refractivity contribution >= 4 is 5.97 Å². The van der Waals surface area contributed by atoms with Gasteiger partial charge in [0, 0.05) is 25.5 Å². The summed E-state index contributed by atoms with van der Waals surface area (Å²) in [4.78, 5) is 13.1. The Kier molecular flexibility index (Phi) is 15.6. The van der Waals surface area contributed by atoms with Crippen LogP contribution in [-0.4, -0.2) is 81.4 Å². The van der Waals surface area contributed by atoms with Gasteiger partial charge in [-0.1, -0.05) is 152 Å². The summed E-state index contributed by atoms with van der Waals surface area (Å²) in [5.41, 5.74) is 4.83. The summed E-state index contributed by atoms with van der Waals surface area (Å²) in [7, 11) is 1.60. The van der Waals surface area contributed by atoms with Gasteiger partial charge in [0.25, 0.3) is 0 Å². The summed E-state index contributed by atoms with van der Waals surface area (Å²) in [6.45, 7) is 3.07. The maximum Gasteiger partial charge on any atom is 0.303 e. The van der Waals surface area contributed by atoms with Crippen LogP contribution in [0.5, 0.6) is 0 Å². The Labute approximate surface area is 364 Å². The molecular weight excluding hydrogens is 789 g/mol. The second kappa shape index (κ2) is 22.0. The molecule has 0 unspecified atom stereocenters. The van der Waals surface area contributed by atoms with Gasteiger partial charge in [-0.2, -0.15) is 0 Å². The van der Waals surface area contributed by atoms with Gasteiger partial charge in [-0.15, -0.1) is 0 Å². The van der Waals surface area contributed by atoms with Crippen LogP contribution in [0, 0.1) is 5.92 Å². The van der Waals surface area contributed by atoms with Gasteiger partial charge in [-0.25, -0.2) is 0 Å². The van der Waals surface area contributed by atoms with Crippen molar-refractivity contribution in [2.24, 2.45) is 5.92 Å². The van der Waals surface area contributed by atoms with E-state index in [0.717, 1.165) is 27.8 Å². The molecular formula is C51H56O11. The molecule has 2 saturated heterocycles. The minimum Gasteiger partial charge on any atom is -0.457 e. The molecule has 5 aromatic rings. The second-order valence-electron chi connectivity index (χ2n) is 15.9. The van der Waals surface area contributed by atoms with E-state index in [1.807, 2.05) is 152 Å². The van der Waals surface area contributed by atoms with Crippen molar-refractivity contribution in [1.29, 1.82) is 0 Å². The zero-order valence-corrected chi connectivity index (χ0v) is 35.2. The Morgan fingerprint density at radius 2 is 1.08 bits per heavy atom. The molecule has 62 heavy (non-hydrogen) atoms. The van der Waals surface area contributed by atoms with E-state index in [4.69, 9.17) is 47.4 Å². The van der Waals surface area contributed by atoms with Gasteiger partial charge in [0.15, 0.2) is 18.7 Å². The maximum absolute atomic E-state index is 13.1. The van der Waals surface area contributed by atoms with Crippen molar-refractivity contribution in [3.63, 3.8) is 0 Å². The highest BCUT2D eigenvalue weighted by molar-refractivity contribution is 5.66. The summed E-state index contributed by atoms with van der Waals surface area (Å²) in [6.07, 6.45) is -6.78. The molecule has 0 bridgehead atoms. The fourth-order valence-corrected chi connectivity index (χ4v) is 8.52. The van der Waals surface area contributed by atoms with Crippen molar-refractivity contribution in [2.45, 2.75) is 101 Å². The van der Waals surface area contributed by atoms with Crippen LogP contribution in [0.3, 0.4) is 0 Å². The van der Waals surface area contributed by atoms with E-state index in [-0.39, 0.29) is 32.3 Å². The lowest BCUT2D eigenvalue weighted by atomic mass is 9.79. The average molecular weight is 845 g/mol. The van der Waals surface area contributed by atoms with Crippen LogP contribution >= 0.6 is 0 Å². The summed E-state index contributed by atoms with van der Waals surface area (Å²) in [5.74, 6) is -0.643. The monoisotopic (exact) mass is 844 g/mol. The van der Waals surface area contributed by atoms with Crippen LogP contribution in [-0.2, 0) is 78.6 Å². The average Bonchev–Trinajstić information content (AvgIpc) is 3.32. The Balaban J connectivity index is 1.14. The number of carbonyl (C=O) groups is 1. The normalized spacial score (nSPS) is 28.5. The van der Waals surface area contributed by atoms with Gasteiger partial charge in [0.2, 0.25) is 0 Å². The molecule has 5 aromatic carbocycles. The lowest BCUT2D eigenvalue weighted by Crippen LogP contribution is -2.65. The number of hydrogen-bond donors (Lipinski definition) is 0. The van der Waals surface area contributed by atoms with Gasteiger partial charge in [-0.3, -0.25) is 4.79 Å². The Bertz CT molecular complexity index is 2060. The molecule has 0 aromatic heterocycles. The summed E-state index contributed by atoms with van der Waals surface area (Å²) < 4.78 is 66.4. The maximum atomic E-state index is 13.1. The number of carbonyl (C=O) groups excluding carboxylic acids is 1. The third-order valence-corrected chi connectivity index (χ3v) is 11.5.